The molecule has 5 nitrogen and oxygen atoms in total. The maximum Gasteiger partial charge on any atom is 0.416 e. The number of hydrogen-bond acceptors (Lipinski definition) is 4. The number of esters is 1. The number of hydrogen-bond donors (Lipinski definition) is 1. The Balaban J connectivity index is 1.89. The zero-order chi connectivity index (χ0) is 19.2. The predicted octanol–water partition coefficient (Wildman–Crippen LogP) is 3.19. The summed E-state index contributed by atoms with van der Waals surface area (Å²) in [6.07, 6.45) is -4.54. The maximum atomic E-state index is 12.9. The molecular weight excluding hydrogens is 351 g/mol. The molecule has 0 aromatic heterocycles. The normalized spacial score (nSPS) is 10.9. The van der Waals surface area contributed by atoms with Crippen LogP contribution in [0.15, 0.2) is 48.5 Å². The second-order valence-electron chi connectivity index (χ2n) is 5.23. The van der Waals surface area contributed by atoms with Gasteiger partial charge in [0, 0.05) is 11.1 Å². The summed E-state index contributed by atoms with van der Waals surface area (Å²) in [7, 11) is 1.45. The average molecular weight is 367 g/mol. The van der Waals surface area contributed by atoms with E-state index in [1.807, 2.05) is 0 Å². The molecule has 0 spiro atoms. The summed E-state index contributed by atoms with van der Waals surface area (Å²) in [5, 5.41) is 2.34. The first kappa shape index (κ1) is 19.3. The van der Waals surface area contributed by atoms with E-state index in [0.717, 1.165) is 6.07 Å². The van der Waals surface area contributed by atoms with Gasteiger partial charge in [0.15, 0.2) is 0 Å². The predicted molar refractivity (Wildman–Crippen MR) is 86.6 cm³/mol. The van der Waals surface area contributed by atoms with Crippen LogP contribution in [0.3, 0.4) is 0 Å². The Morgan fingerprint density at radius 1 is 1.08 bits per heavy atom. The standard InChI is InChI=1S/C18H16F3NO4/c1-25-14-7-4-6-12(9-14)17(24)22-10-16(23)26-11-13-5-2-3-8-15(13)18(19,20)21/h2-9H,10-11H2,1H3,(H,22,24). The van der Waals surface area contributed by atoms with Gasteiger partial charge in [-0.3, -0.25) is 9.59 Å². The summed E-state index contributed by atoms with van der Waals surface area (Å²) in [5.74, 6) is -0.904. The Labute approximate surface area is 147 Å². The van der Waals surface area contributed by atoms with E-state index in [2.05, 4.69) is 5.32 Å². The lowest BCUT2D eigenvalue weighted by Gasteiger charge is -2.13. The van der Waals surface area contributed by atoms with Gasteiger partial charge in [-0.2, -0.15) is 13.2 Å². The molecule has 26 heavy (non-hydrogen) atoms. The molecule has 0 saturated heterocycles. The largest absolute Gasteiger partial charge is 0.497 e. The fourth-order valence-electron chi connectivity index (χ4n) is 2.15. The summed E-state index contributed by atoms with van der Waals surface area (Å²) in [6, 6.07) is 11.1. The van der Waals surface area contributed by atoms with Gasteiger partial charge in [-0.05, 0) is 24.3 Å². The molecule has 0 fully saturated rings. The summed E-state index contributed by atoms with van der Waals surface area (Å²) in [5.41, 5.74) is -0.750. The Morgan fingerprint density at radius 2 is 1.81 bits per heavy atom. The third kappa shape index (κ3) is 5.23. The van der Waals surface area contributed by atoms with Crippen LogP contribution < -0.4 is 10.1 Å². The first-order chi connectivity index (χ1) is 12.3. The molecule has 2 aromatic rings. The molecule has 0 aliphatic heterocycles. The zero-order valence-electron chi connectivity index (χ0n) is 13.8. The van der Waals surface area contributed by atoms with Crippen LogP contribution in [0.1, 0.15) is 21.5 Å². The SMILES string of the molecule is COc1cccc(C(=O)NCC(=O)OCc2ccccc2C(F)(F)F)c1. The van der Waals surface area contributed by atoms with Crippen LogP contribution in [-0.4, -0.2) is 25.5 Å². The van der Waals surface area contributed by atoms with E-state index in [0.29, 0.717) is 5.75 Å². The van der Waals surface area contributed by atoms with Gasteiger partial charge in [0.25, 0.3) is 5.91 Å². The molecule has 0 aliphatic carbocycles. The first-order valence-electron chi connectivity index (χ1n) is 7.54. The number of alkyl halides is 3. The smallest absolute Gasteiger partial charge is 0.416 e. The van der Waals surface area contributed by atoms with E-state index >= 15 is 0 Å². The minimum absolute atomic E-state index is 0.160. The fraction of sp³-hybridized carbons (Fsp3) is 0.222. The average Bonchev–Trinajstić information content (AvgIpc) is 2.64. The fourth-order valence-corrected chi connectivity index (χ4v) is 2.15. The van der Waals surface area contributed by atoms with Crippen molar-refractivity contribution < 1.29 is 32.2 Å². The molecule has 138 valence electrons. The number of carbonyl (C=O) groups is 2. The molecule has 0 atom stereocenters. The highest BCUT2D eigenvalue weighted by Crippen LogP contribution is 2.32. The lowest BCUT2D eigenvalue weighted by atomic mass is 10.1. The van der Waals surface area contributed by atoms with Crippen molar-refractivity contribution >= 4 is 11.9 Å². The number of rotatable bonds is 6. The number of nitrogens with one attached hydrogen (secondary N) is 1. The van der Waals surface area contributed by atoms with Crippen molar-refractivity contribution in [3.8, 4) is 5.75 Å². The van der Waals surface area contributed by atoms with Crippen molar-refractivity contribution in [2.24, 2.45) is 0 Å². The van der Waals surface area contributed by atoms with Crippen LogP contribution in [0.4, 0.5) is 13.2 Å². The van der Waals surface area contributed by atoms with Crippen molar-refractivity contribution in [1.82, 2.24) is 5.32 Å². The van der Waals surface area contributed by atoms with Crippen molar-refractivity contribution in [3.63, 3.8) is 0 Å². The highest BCUT2D eigenvalue weighted by Gasteiger charge is 2.33. The summed E-state index contributed by atoms with van der Waals surface area (Å²) in [6.45, 7) is -1.01. The lowest BCUT2D eigenvalue weighted by molar-refractivity contribution is -0.146. The van der Waals surface area contributed by atoms with Crippen molar-refractivity contribution in [1.29, 1.82) is 0 Å². The number of methoxy groups -OCH3 is 1. The lowest BCUT2D eigenvalue weighted by Crippen LogP contribution is -2.30. The molecular formula is C18H16F3NO4. The number of carbonyl (C=O) groups excluding carboxylic acids is 2. The van der Waals surface area contributed by atoms with Crippen LogP contribution in [0.25, 0.3) is 0 Å². The highest BCUT2D eigenvalue weighted by molar-refractivity contribution is 5.96. The minimum atomic E-state index is -4.54. The molecule has 8 heteroatoms. The topological polar surface area (TPSA) is 64.6 Å². The van der Waals surface area contributed by atoms with Crippen molar-refractivity contribution in [2.45, 2.75) is 12.8 Å². The van der Waals surface area contributed by atoms with Gasteiger partial charge in [-0.15, -0.1) is 0 Å². The number of ether oxygens (including phenoxy) is 2. The van der Waals surface area contributed by atoms with Crippen LogP contribution >= 0.6 is 0 Å². The van der Waals surface area contributed by atoms with Crippen molar-refractivity contribution in [3.05, 3.63) is 65.2 Å². The number of benzene rings is 2. The molecule has 0 aliphatic rings. The van der Waals surface area contributed by atoms with E-state index in [1.165, 1.54) is 37.4 Å². The highest BCUT2D eigenvalue weighted by atomic mass is 19.4. The van der Waals surface area contributed by atoms with Crippen LogP contribution in [0.5, 0.6) is 5.75 Å². The number of amides is 1. The van der Waals surface area contributed by atoms with Crippen LogP contribution in [0, 0.1) is 0 Å². The zero-order valence-corrected chi connectivity index (χ0v) is 13.8. The Bertz CT molecular complexity index is 790. The van der Waals surface area contributed by atoms with Crippen LogP contribution in [-0.2, 0) is 22.3 Å². The van der Waals surface area contributed by atoms with Gasteiger partial charge in [0.1, 0.15) is 18.9 Å². The summed E-state index contributed by atoms with van der Waals surface area (Å²) < 4.78 is 48.4. The van der Waals surface area contributed by atoms with E-state index in [-0.39, 0.29) is 11.1 Å². The minimum Gasteiger partial charge on any atom is -0.497 e. The maximum absolute atomic E-state index is 12.9. The van der Waals surface area contributed by atoms with Gasteiger partial charge in [0.05, 0.1) is 12.7 Å². The second kappa shape index (κ2) is 8.37. The van der Waals surface area contributed by atoms with Gasteiger partial charge in [-0.25, -0.2) is 0 Å². The molecule has 0 radical (unpaired) electrons. The molecule has 2 rings (SSSR count). The molecule has 0 saturated carbocycles. The second-order valence-corrected chi connectivity index (χ2v) is 5.23. The quantitative estimate of drug-likeness (QED) is 0.797. The molecule has 0 unspecified atom stereocenters. The third-order valence-electron chi connectivity index (χ3n) is 3.44. The Kier molecular flexibility index (Phi) is 6.21. The third-order valence-corrected chi connectivity index (χ3v) is 3.44. The first-order valence-corrected chi connectivity index (χ1v) is 7.54. The molecule has 0 bridgehead atoms. The Morgan fingerprint density at radius 3 is 2.50 bits per heavy atom. The van der Waals surface area contributed by atoms with E-state index < -0.39 is 36.8 Å². The van der Waals surface area contributed by atoms with Gasteiger partial charge in [0.2, 0.25) is 0 Å². The molecule has 2 aromatic carbocycles. The van der Waals surface area contributed by atoms with Crippen LogP contribution in [0.2, 0.25) is 0 Å². The van der Waals surface area contributed by atoms with E-state index in [9.17, 15) is 22.8 Å². The number of halogens is 3. The molecule has 1 N–H and O–H groups in total. The summed E-state index contributed by atoms with van der Waals surface area (Å²) in [4.78, 5) is 23.6. The molecule has 1 amide bonds. The van der Waals surface area contributed by atoms with Gasteiger partial charge in [-0.1, -0.05) is 24.3 Å². The van der Waals surface area contributed by atoms with Gasteiger partial charge >= 0.3 is 12.1 Å². The van der Waals surface area contributed by atoms with E-state index in [4.69, 9.17) is 9.47 Å². The Hall–Kier alpha value is -3.03. The van der Waals surface area contributed by atoms with Crippen molar-refractivity contribution in [2.75, 3.05) is 13.7 Å². The molecule has 0 heterocycles. The monoisotopic (exact) mass is 367 g/mol. The van der Waals surface area contributed by atoms with Gasteiger partial charge < -0.3 is 14.8 Å². The van der Waals surface area contributed by atoms with E-state index in [1.54, 1.807) is 12.1 Å². The summed E-state index contributed by atoms with van der Waals surface area (Å²) >= 11 is 0.